The SMILES string of the molecule is CC(C)(C)OC(=O)N1C[C@@H](CNC(=O)CCNC(=O)c2ccc(C(C)(C)C)cc2)[C@H](O)C1. The molecule has 0 aromatic heterocycles. The summed E-state index contributed by atoms with van der Waals surface area (Å²) in [6.07, 6.45) is -1.06. The lowest BCUT2D eigenvalue weighted by molar-refractivity contribution is -0.121. The van der Waals surface area contributed by atoms with E-state index in [9.17, 15) is 19.5 Å². The molecule has 1 fully saturated rings. The molecule has 3 N–H and O–H groups in total. The lowest BCUT2D eigenvalue weighted by Crippen LogP contribution is -2.37. The molecule has 1 aliphatic rings. The summed E-state index contributed by atoms with van der Waals surface area (Å²) in [5.41, 5.74) is 1.11. The minimum atomic E-state index is -0.724. The van der Waals surface area contributed by atoms with Gasteiger partial charge in [-0.25, -0.2) is 4.79 Å². The Bertz CT molecular complexity index is 808. The third-order valence-electron chi connectivity index (χ3n) is 5.27. The molecule has 0 bridgehead atoms. The number of amides is 3. The number of benzene rings is 1. The van der Waals surface area contributed by atoms with Crippen LogP contribution in [0.15, 0.2) is 24.3 Å². The zero-order valence-electron chi connectivity index (χ0n) is 20.0. The molecule has 1 aromatic carbocycles. The molecule has 1 aliphatic heterocycles. The lowest BCUT2D eigenvalue weighted by Gasteiger charge is -2.24. The molecule has 0 radical (unpaired) electrons. The number of nitrogens with one attached hydrogen (secondary N) is 2. The molecule has 0 unspecified atom stereocenters. The fraction of sp³-hybridized carbons (Fsp3) is 0.625. The number of aliphatic hydroxyl groups excluding tert-OH is 1. The fourth-order valence-electron chi connectivity index (χ4n) is 3.38. The van der Waals surface area contributed by atoms with E-state index >= 15 is 0 Å². The highest BCUT2D eigenvalue weighted by Crippen LogP contribution is 2.22. The molecule has 2 rings (SSSR count). The van der Waals surface area contributed by atoms with E-state index in [2.05, 4.69) is 31.4 Å². The molecule has 2 atom stereocenters. The monoisotopic (exact) mass is 447 g/mol. The van der Waals surface area contributed by atoms with Gasteiger partial charge in [-0.15, -0.1) is 0 Å². The van der Waals surface area contributed by atoms with Gasteiger partial charge in [-0.3, -0.25) is 9.59 Å². The van der Waals surface area contributed by atoms with E-state index in [1.807, 2.05) is 12.1 Å². The van der Waals surface area contributed by atoms with E-state index in [0.29, 0.717) is 12.1 Å². The molecule has 1 heterocycles. The van der Waals surface area contributed by atoms with Crippen LogP contribution in [0.4, 0.5) is 4.79 Å². The molecular weight excluding hydrogens is 410 g/mol. The molecule has 1 aromatic rings. The van der Waals surface area contributed by atoms with Gasteiger partial charge in [0, 0.05) is 37.5 Å². The first-order chi connectivity index (χ1) is 14.8. The molecule has 178 valence electrons. The summed E-state index contributed by atoms with van der Waals surface area (Å²) < 4.78 is 5.33. The maximum Gasteiger partial charge on any atom is 0.410 e. The van der Waals surface area contributed by atoms with Crippen molar-refractivity contribution in [3.8, 4) is 0 Å². The van der Waals surface area contributed by atoms with Crippen molar-refractivity contribution in [2.45, 2.75) is 65.1 Å². The summed E-state index contributed by atoms with van der Waals surface area (Å²) in [7, 11) is 0. The molecule has 3 amide bonds. The zero-order chi connectivity index (χ0) is 24.1. The average Bonchev–Trinajstić information content (AvgIpc) is 3.05. The van der Waals surface area contributed by atoms with Crippen molar-refractivity contribution in [3.05, 3.63) is 35.4 Å². The number of likely N-dealkylation sites (tertiary alicyclic amines) is 1. The number of hydrogen-bond acceptors (Lipinski definition) is 5. The number of carbonyl (C=O) groups excluding carboxylic acids is 3. The predicted octanol–water partition coefficient (Wildman–Crippen LogP) is 2.45. The second-order valence-electron chi connectivity index (χ2n) is 10.4. The number of nitrogens with zero attached hydrogens (tertiary/aromatic N) is 1. The van der Waals surface area contributed by atoms with Crippen molar-refractivity contribution in [1.82, 2.24) is 15.5 Å². The van der Waals surface area contributed by atoms with Crippen molar-refractivity contribution in [2.75, 3.05) is 26.2 Å². The highest BCUT2D eigenvalue weighted by molar-refractivity contribution is 5.94. The average molecular weight is 448 g/mol. The maximum absolute atomic E-state index is 12.3. The third-order valence-corrected chi connectivity index (χ3v) is 5.27. The van der Waals surface area contributed by atoms with Gasteiger partial charge in [-0.2, -0.15) is 0 Å². The second-order valence-corrected chi connectivity index (χ2v) is 10.4. The van der Waals surface area contributed by atoms with E-state index in [1.165, 1.54) is 4.90 Å². The lowest BCUT2D eigenvalue weighted by atomic mass is 9.87. The van der Waals surface area contributed by atoms with E-state index in [0.717, 1.165) is 5.56 Å². The maximum atomic E-state index is 12.3. The van der Waals surface area contributed by atoms with Crippen LogP contribution in [0, 0.1) is 5.92 Å². The summed E-state index contributed by atoms with van der Waals surface area (Å²) in [5.74, 6) is -0.712. The van der Waals surface area contributed by atoms with Crippen LogP contribution in [0.2, 0.25) is 0 Å². The van der Waals surface area contributed by atoms with Crippen LogP contribution in [0.5, 0.6) is 0 Å². The Hall–Kier alpha value is -2.61. The van der Waals surface area contributed by atoms with Crippen molar-refractivity contribution in [2.24, 2.45) is 5.92 Å². The number of aliphatic hydroxyl groups is 1. The van der Waals surface area contributed by atoms with Gasteiger partial charge in [-0.05, 0) is 43.9 Å². The quantitative estimate of drug-likeness (QED) is 0.621. The Morgan fingerprint density at radius 3 is 2.22 bits per heavy atom. The number of β-amino-alcohol motifs (C(OH)–C–C–N with tert-alkyl or cyclic N) is 1. The predicted molar refractivity (Wildman–Crippen MR) is 122 cm³/mol. The van der Waals surface area contributed by atoms with Crippen LogP contribution in [0.25, 0.3) is 0 Å². The summed E-state index contributed by atoms with van der Waals surface area (Å²) in [6.45, 7) is 12.7. The van der Waals surface area contributed by atoms with Gasteiger partial charge in [0.1, 0.15) is 5.60 Å². The smallest absolute Gasteiger partial charge is 0.410 e. The summed E-state index contributed by atoms with van der Waals surface area (Å²) >= 11 is 0. The second kappa shape index (κ2) is 10.3. The molecule has 8 nitrogen and oxygen atoms in total. The third kappa shape index (κ3) is 7.82. The first kappa shape index (κ1) is 25.6. The first-order valence-electron chi connectivity index (χ1n) is 11.1. The number of rotatable bonds is 6. The van der Waals surface area contributed by atoms with E-state index in [1.54, 1.807) is 32.9 Å². The van der Waals surface area contributed by atoms with Gasteiger partial charge in [0.15, 0.2) is 0 Å². The largest absolute Gasteiger partial charge is 0.444 e. The van der Waals surface area contributed by atoms with E-state index in [4.69, 9.17) is 4.74 Å². The van der Waals surface area contributed by atoms with Crippen LogP contribution >= 0.6 is 0 Å². The van der Waals surface area contributed by atoms with Crippen LogP contribution < -0.4 is 10.6 Å². The highest BCUT2D eigenvalue weighted by atomic mass is 16.6. The van der Waals surface area contributed by atoms with Crippen LogP contribution in [0.3, 0.4) is 0 Å². The Morgan fingerprint density at radius 2 is 1.66 bits per heavy atom. The van der Waals surface area contributed by atoms with Gasteiger partial charge < -0.3 is 25.4 Å². The zero-order valence-corrected chi connectivity index (χ0v) is 20.0. The first-order valence-corrected chi connectivity index (χ1v) is 11.1. The molecule has 0 spiro atoms. The van der Waals surface area contributed by atoms with E-state index in [-0.39, 0.29) is 49.2 Å². The number of ether oxygens (including phenoxy) is 1. The van der Waals surface area contributed by atoms with Crippen molar-refractivity contribution >= 4 is 17.9 Å². The van der Waals surface area contributed by atoms with Crippen molar-refractivity contribution in [1.29, 1.82) is 0 Å². The van der Waals surface area contributed by atoms with Gasteiger partial charge >= 0.3 is 6.09 Å². The molecule has 8 heteroatoms. The number of carbonyl (C=O) groups is 3. The summed E-state index contributed by atoms with van der Waals surface area (Å²) in [4.78, 5) is 38.0. The van der Waals surface area contributed by atoms with Gasteiger partial charge in [0.2, 0.25) is 5.91 Å². The molecule has 32 heavy (non-hydrogen) atoms. The standard InChI is InChI=1S/C24H37N3O5/c1-23(2,3)18-9-7-16(8-10-18)21(30)25-12-11-20(29)26-13-17-14-27(15-19(17)28)22(31)32-24(4,5)6/h7-10,17,19,28H,11-15H2,1-6H3,(H,25,30)(H,26,29)/t17-,19-/m1/s1. The van der Waals surface area contributed by atoms with Crippen LogP contribution in [-0.4, -0.2) is 65.8 Å². The van der Waals surface area contributed by atoms with E-state index < -0.39 is 17.8 Å². The minimum absolute atomic E-state index is 0.0178. The fourth-order valence-corrected chi connectivity index (χ4v) is 3.38. The summed E-state index contributed by atoms with van der Waals surface area (Å²) in [6, 6.07) is 7.45. The Morgan fingerprint density at radius 1 is 1.03 bits per heavy atom. The van der Waals surface area contributed by atoms with Crippen LogP contribution in [0.1, 0.15) is 63.9 Å². The normalized spacial score (nSPS) is 18.9. The highest BCUT2D eigenvalue weighted by Gasteiger charge is 2.36. The Kier molecular flexibility index (Phi) is 8.29. The summed E-state index contributed by atoms with van der Waals surface area (Å²) in [5, 5.41) is 15.7. The topological polar surface area (TPSA) is 108 Å². The van der Waals surface area contributed by atoms with Crippen molar-refractivity contribution < 1.29 is 24.2 Å². The minimum Gasteiger partial charge on any atom is -0.444 e. The Labute approximate surface area is 190 Å². The van der Waals surface area contributed by atoms with Gasteiger partial charge in [-0.1, -0.05) is 32.9 Å². The van der Waals surface area contributed by atoms with Gasteiger partial charge in [0.05, 0.1) is 12.6 Å². The van der Waals surface area contributed by atoms with Crippen LogP contribution in [-0.2, 0) is 14.9 Å². The molecule has 0 saturated carbocycles. The Balaban J connectivity index is 1.71. The molecular formula is C24H37N3O5. The van der Waals surface area contributed by atoms with Gasteiger partial charge in [0.25, 0.3) is 5.91 Å². The molecule has 1 saturated heterocycles. The molecule has 0 aliphatic carbocycles. The van der Waals surface area contributed by atoms with Crippen molar-refractivity contribution in [3.63, 3.8) is 0 Å². The number of hydrogen-bond donors (Lipinski definition) is 3.